The lowest BCUT2D eigenvalue weighted by molar-refractivity contribution is -0.134. The number of piperazine rings is 1. The summed E-state index contributed by atoms with van der Waals surface area (Å²) >= 11 is 0. The summed E-state index contributed by atoms with van der Waals surface area (Å²) in [6.07, 6.45) is 0.677. The molecule has 0 aromatic heterocycles. The Bertz CT molecular complexity index is 894. The zero-order valence-corrected chi connectivity index (χ0v) is 16.0. The zero-order chi connectivity index (χ0) is 19.4. The molecule has 2 aromatic rings. The van der Waals surface area contributed by atoms with E-state index in [1.165, 1.54) is 22.5 Å². The molecular weight excluding hydrogens is 367 g/mol. The monoisotopic (exact) mass is 390 g/mol. The van der Waals surface area contributed by atoms with Crippen LogP contribution in [-0.4, -0.2) is 49.7 Å². The van der Waals surface area contributed by atoms with Crippen molar-refractivity contribution >= 4 is 15.9 Å². The number of hydrogen-bond donors (Lipinski definition) is 0. The molecule has 2 aromatic carbocycles. The molecule has 0 spiro atoms. The molecule has 0 aliphatic carbocycles. The molecule has 1 saturated heterocycles. The lowest BCUT2D eigenvalue weighted by Crippen LogP contribution is -2.51. The van der Waals surface area contributed by atoms with Crippen molar-refractivity contribution in [3.63, 3.8) is 0 Å². The molecule has 1 amide bonds. The van der Waals surface area contributed by atoms with E-state index in [1.807, 2.05) is 37.3 Å². The van der Waals surface area contributed by atoms with Gasteiger partial charge in [-0.3, -0.25) is 4.79 Å². The minimum absolute atomic E-state index is 0.00615. The van der Waals surface area contributed by atoms with Crippen LogP contribution < -0.4 is 0 Å². The van der Waals surface area contributed by atoms with Crippen LogP contribution in [0.15, 0.2) is 59.5 Å². The Kier molecular flexibility index (Phi) is 5.92. The summed E-state index contributed by atoms with van der Waals surface area (Å²) in [5.74, 6) is -0.987. The Balaban J connectivity index is 1.70. The molecule has 144 valence electrons. The third-order valence-electron chi connectivity index (χ3n) is 4.91. The largest absolute Gasteiger partial charge is 0.340 e. The Morgan fingerprint density at radius 3 is 2.19 bits per heavy atom. The van der Waals surface area contributed by atoms with E-state index < -0.39 is 15.8 Å². The van der Waals surface area contributed by atoms with Crippen LogP contribution >= 0.6 is 0 Å². The summed E-state index contributed by atoms with van der Waals surface area (Å²) in [5, 5.41) is 0. The third kappa shape index (κ3) is 4.04. The van der Waals surface area contributed by atoms with Crippen molar-refractivity contribution in [2.45, 2.75) is 24.2 Å². The normalized spacial score (nSPS) is 16.9. The van der Waals surface area contributed by atoms with Gasteiger partial charge in [0.05, 0.1) is 5.92 Å². The summed E-state index contributed by atoms with van der Waals surface area (Å²) < 4.78 is 40.5. The van der Waals surface area contributed by atoms with E-state index in [9.17, 15) is 17.6 Å². The number of benzene rings is 2. The average Bonchev–Trinajstić information content (AvgIpc) is 2.69. The molecule has 3 rings (SSSR count). The smallest absolute Gasteiger partial charge is 0.246 e. The van der Waals surface area contributed by atoms with Crippen LogP contribution in [0.5, 0.6) is 0 Å². The van der Waals surface area contributed by atoms with E-state index in [1.54, 1.807) is 4.90 Å². The second-order valence-electron chi connectivity index (χ2n) is 6.53. The van der Waals surface area contributed by atoms with Crippen LogP contribution in [0, 0.1) is 5.82 Å². The molecule has 0 N–H and O–H groups in total. The van der Waals surface area contributed by atoms with Gasteiger partial charge in [0.15, 0.2) is 0 Å². The van der Waals surface area contributed by atoms with Crippen LogP contribution in [0.1, 0.15) is 24.8 Å². The number of hydrogen-bond acceptors (Lipinski definition) is 3. The first-order chi connectivity index (χ1) is 12.9. The van der Waals surface area contributed by atoms with Crippen molar-refractivity contribution in [1.82, 2.24) is 9.21 Å². The lowest BCUT2D eigenvalue weighted by Gasteiger charge is -2.35. The van der Waals surface area contributed by atoms with Crippen molar-refractivity contribution < 1.29 is 17.6 Å². The highest BCUT2D eigenvalue weighted by molar-refractivity contribution is 7.89. The number of rotatable bonds is 5. The molecule has 0 saturated carbocycles. The van der Waals surface area contributed by atoms with Gasteiger partial charge in [0, 0.05) is 26.2 Å². The lowest BCUT2D eigenvalue weighted by atomic mass is 9.95. The second-order valence-corrected chi connectivity index (χ2v) is 8.44. The first kappa shape index (κ1) is 19.5. The van der Waals surface area contributed by atoms with Gasteiger partial charge in [0.25, 0.3) is 0 Å². The molecule has 0 bridgehead atoms. The van der Waals surface area contributed by atoms with Gasteiger partial charge in [-0.15, -0.1) is 0 Å². The molecule has 5 nitrogen and oxygen atoms in total. The van der Waals surface area contributed by atoms with Gasteiger partial charge in [-0.05, 0) is 24.1 Å². The van der Waals surface area contributed by atoms with Gasteiger partial charge in [-0.25, -0.2) is 12.8 Å². The molecule has 1 atom stereocenters. The van der Waals surface area contributed by atoms with E-state index in [-0.39, 0.29) is 29.8 Å². The molecule has 1 heterocycles. The SMILES string of the molecule is CCC(C(=O)N1CCN(S(=O)(=O)c2ccccc2F)CC1)c1ccccc1. The topological polar surface area (TPSA) is 57.7 Å². The van der Waals surface area contributed by atoms with Crippen molar-refractivity contribution in [2.75, 3.05) is 26.2 Å². The van der Waals surface area contributed by atoms with Crippen molar-refractivity contribution in [3.05, 3.63) is 66.0 Å². The Morgan fingerprint density at radius 1 is 1.00 bits per heavy atom. The van der Waals surface area contributed by atoms with Gasteiger partial charge in [-0.1, -0.05) is 49.4 Å². The van der Waals surface area contributed by atoms with Gasteiger partial charge < -0.3 is 4.90 Å². The fourth-order valence-electron chi connectivity index (χ4n) is 3.40. The first-order valence-electron chi connectivity index (χ1n) is 9.03. The molecular formula is C20H23FN2O3S. The van der Waals surface area contributed by atoms with Crippen LogP contribution in [0.4, 0.5) is 4.39 Å². The van der Waals surface area contributed by atoms with Crippen molar-refractivity contribution in [2.24, 2.45) is 0 Å². The summed E-state index contributed by atoms with van der Waals surface area (Å²) in [6.45, 7) is 2.89. The predicted octanol–water partition coefficient (Wildman–Crippen LogP) is 2.85. The average molecular weight is 390 g/mol. The summed E-state index contributed by atoms with van der Waals surface area (Å²) in [4.78, 5) is 14.3. The van der Waals surface area contributed by atoms with E-state index >= 15 is 0 Å². The van der Waals surface area contributed by atoms with Gasteiger partial charge in [0.2, 0.25) is 15.9 Å². The summed E-state index contributed by atoms with van der Waals surface area (Å²) in [7, 11) is -3.90. The maximum atomic E-state index is 13.9. The molecule has 7 heteroatoms. The van der Waals surface area contributed by atoms with Crippen molar-refractivity contribution in [1.29, 1.82) is 0 Å². The number of carbonyl (C=O) groups is 1. The predicted molar refractivity (Wildman–Crippen MR) is 101 cm³/mol. The minimum atomic E-state index is -3.90. The highest BCUT2D eigenvalue weighted by Crippen LogP contribution is 2.24. The minimum Gasteiger partial charge on any atom is -0.340 e. The number of nitrogens with zero attached hydrogens (tertiary/aromatic N) is 2. The fourth-order valence-corrected chi connectivity index (χ4v) is 4.89. The second kappa shape index (κ2) is 8.19. The third-order valence-corrected chi connectivity index (χ3v) is 6.84. The first-order valence-corrected chi connectivity index (χ1v) is 10.5. The summed E-state index contributed by atoms with van der Waals surface area (Å²) in [5.41, 5.74) is 0.964. The van der Waals surface area contributed by atoms with Gasteiger partial charge in [0.1, 0.15) is 10.7 Å². The van der Waals surface area contributed by atoms with Gasteiger partial charge >= 0.3 is 0 Å². The standard InChI is InChI=1S/C20H23FN2O3S/c1-2-17(16-8-4-3-5-9-16)20(24)22-12-14-23(15-13-22)27(25,26)19-11-7-6-10-18(19)21/h3-11,17H,2,12-15H2,1H3. The Labute approximate surface area is 159 Å². The Morgan fingerprint density at radius 2 is 1.59 bits per heavy atom. The Hall–Kier alpha value is -2.25. The van der Waals surface area contributed by atoms with Gasteiger partial charge in [-0.2, -0.15) is 4.31 Å². The van der Waals surface area contributed by atoms with Crippen LogP contribution in [0.3, 0.4) is 0 Å². The number of halogens is 1. The molecule has 1 fully saturated rings. The zero-order valence-electron chi connectivity index (χ0n) is 15.2. The van der Waals surface area contributed by atoms with Crippen LogP contribution in [0.2, 0.25) is 0 Å². The molecule has 27 heavy (non-hydrogen) atoms. The van der Waals surface area contributed by atoms with Crippen LogP contribution in [-0.2, 0) is 14.8 Å². The van der Waals surface area contributed by atoms with E-state index in [0.29, 0.717) is 19.5 Å². The highest BCUT2D eigenvalue weighted by atomic mass is 32.2. The van der Waals surface area contributed by atoms with E-state index in [0.717, 1.165) is 11.6 Å². The van der Waals surface area contributed by atoms with Crippen LogP contribution in [0.25, 0.3) is 0 Å². The fraction of sp³-hybridized carbons (Fsp3) is 0.350. The number of sulfonamides is 1. The van der Waals surface area contributed by atoms with Crippen molar-refractivity contribution in [3.8, 4) is 0 Å². The maximum absolute atomic E-state index is 13.9. The van der Waals surface area contributed by atoms with E-state index in [4.69, 9.17) is 0 Å². The molecule has 1 aliphatic heterocycles. The summed E-state index contributed by atoms with van der Waals surface area (Å²) in [6, 6.07) is 15.0. The maximum Gasteiger partial charge on any atom is 0.246 e. The quantitative estimate of drug-likeness (QED) is 0.789. The van der Waals surface area contributed by atoms with E-state index in [2.05, 4.69) is 0 Å². The highest BCUT2D eigenvalue weighted by Gasteiger charge is 2.33. The molecule has 1 aliphatic rings. The number of carbonyl (C=O) groups excluding carboxylic acids is 1. The molecule has 0 radical (unpaired) electrons. The molecule has 1 unspecified atom stereocenters. The number of amides is 1.